The highest BCUT2D eigenvalue weighted by molar-refractivity contribution is 6.03. The van der Waals surface area contributed by atoms with Crippen LogP contribution in [0, 0.1) is 5.92 Å². The zero-order chi connectivity index (χ0) is 47.0. The number of carbonyl (C=O) groups excluding carboxylic acids is 9. The Morgan fingerprint density at radius 2 is 1.22 bits per heavy atom. The number of nitrogens with one attached hydrogen (secondary N) is 4. The quantitative estimate of drug-likeness (QED) is 0.0779. The topological polar surface area (TPSA) is 288 Å². The van der Waals surface area contributed by atoms with Gasteiger partial charge >= 0.3 is 23.9 Å². The molecule has 1 unspecified atom stereocenters. The Morgan fingerprint density at radius 1 is 0.672 bits per heavy atom. The van der Waals surface area contributed by atoms with Gasteiger partial charge in [-0.3, -0.25) is 38.4 Å². The second-order valence-corrected chi connectivity index (χ2v) is 14.9. The molecule has 20 nitrogen and oxygen atoms in total. The number of fused-ring (bicyclic) bond motifs is 6. The normalized spacial score (nSPS) is 14.7. The summed E-state index contributed by atoms with van der Waals surface area (Å²) < 4.78 is 39.3. The number of rotatable bonds is 18. The first-order valence-corrected chi connectivity index (χ1v) is 19.6. The summed E-state index contributed by atoms with van der Waals surface area (Å²) >= 11 is 0. The highest BCUT2D eigenvalue weighted by atomic mass is 19.1. The summed E-state index contributed by atoms with van der Waals surface area (Å²) in [5, 5.41) is 30.0. The summed E-state index contributed by atoms with van der Waals surface area (Å²) in [5.74, 6) is -9.66. The van der Waals surface area contributed by atoms with Crippen LogP contribution < -0.4 is 26.0 Å². The van der Waals surface area contributed by atoms with Gasteiger partial charge in [-0.15, -0.1) is 0 Å². The molecule has 5 rings (SSSR count). The van der Waals surface area contributed by atoms with Crippen LogP contribution in [0.3, 0.4) is 0 Å². The lowest BCUT2D eigenvalue weighted by molar-refractivity contribution is -0.144. The average Bonchev–Trinajstić information content (AvgIpc) is 3.55. The summed E-state index contributed by atoms with van der Waals surface area (Å²) in [6.45, 7) is 1.50. The molecular formula is C43H45FN4O16. The van der Waals surface area contributed by atoms with Crippen LogP contribution in [0.1, 0.15) is 76.9 Å². The number of ether oxygens (including phenoxy) is 5. The molecule has 4 atom stereocenters. The van der Waals surface area contributed by atoms with Crippen LogP contribution in [0.2, 0.25) is 0 Å². The minimum absolute atomic E-state index is 0.0428. The summed E-state index contributed by atoms with van der Waals surface area (Å²) in [6.07, 6.45) is -2.35. The number of methoxy groups -OCH3 is 3. The van der Waals surface area contributed by atoms with E-state index < -0.39 is 121 Å². The molecule has 1 spiro atoms. The molecule has 4 amide bonds. The van der Waals surface area contributed by atoms with Crippen molar-refractivity contribution in [3.8, 4) is 23.0 Å². The number of phenolic OH excluding ortho intramolecular Hbond substituents is 2. The number of esters is 4. The van der Waals surface area contributed by atoms with Gasteiger partial charge in [0.25, 0.3) is 5.91 Å². The molecule has 6 N–H and O–H groups in total. The third-order valence-corrected chi connectivity index (χ3v) is 10.4. The third kappa shape index (κ3) is 10.2. The van der Waals surface area contributed by atoms with E-state index >= 15 is 0 Å². The monoisotopic (exact) mass is 892 g/mol. The van der Waals surface area contributed by atoms with Gasteiger partial charge in [0, 0.05) is 40.8 Å². The molecule has 2 heterocycles. The van der Waals surface area contributed by atoms with Gasteiger partial charge in [-0.25, -0.2) is 9.18 Å². The lowest BCUT2D eigenvalue weighted by Crippen LogP contribution is -2.59. The van der Waals surface area contributed by atoms with Gasteiger partial charge in [-0.1, -0.05) is 13.8 Å². The first-order valence-electron chi connectivity index (χ1n) is 19.6. The standard InChI is InChI=1S/C43H45FN4O16/c1-20(2)37(41(58)46-29(31(51)19-44)17-35(53)61-4)48-39(56)28(12-13-34(52)60-3)45-40(57)30(18-36(54)62-5)47-38(55)21-6-9-24-27(14-21)43(64-42(24)59)25-10-7-22(49)15-32(25)63-33-16-23(50)8-11-26(33)43/h6-11,14-16,20,28-30,37,49-50H,12-13,17-19H2,1-5H3,(H,45,57)(H,46,58)(H,47,55)(H,48,56)/t28-,29?,30-,37-/m0/s1. The predicted octanol–water partition coefficient (Wildman–Crippen LogP) is 1.49. The number of carbonyl (C=O) groups is 9. The van der Waals surface area contributed by atoms with E-state index in [1.807, 2.05) is 0 Å². The predicted molar refractivity (Wildman–Crippen MR) is 215 cm³/mol. The van der Waals surface area contributed by atoms with Crippen molar-refractivity contribution in [3.63, 3.8) is 0 Å². The summed E-state index contributed by atoms with van der Waals surface area (Å²) in [5.41, 5.74) is -1.19. The van der Waals surface area contributed by atoms with Crippen LogP contribution in [0.4, 0.5) is 4.39 Å². The Balaban J connectivity index is 1.44. The first-order chi connectivity index (χ1) is 30.4. The molecule has 340 valence electrons. The molecule has 3 aromatic carbocycles. The summed E-state index contributed by atoms with van der Waals surface area (Å²) in [7, 11) is 3.13. The molecule has 0 radical (unpaired) electrons. The van der Waals surface area contributed by atoms with Gasteiger partial charge in [0.15, 0.2) is 11.4 Å². The molecular weight excluding hydrogens is 847 g/mol. The number of ketones is 1. The van der Waals surface area contributed by atoms with E-state index in [4.69, 9.17) is 14.2 Å². The van der Waals surface area contributed by atoms with Gasteiger partial charge in [-0.2, -0.15) is 0 Å². The maximum absolute atomic E-state index is 14.1. The minimum atomic E-state index is -1.76. The molecule has 3 aromatic rings. The lowest BCUT2D eigenvalue weighted by atomic mass is 9.77. The number of hydrogen-bond donors (Lipinski definition) is 6. The number of phenols is 2. The minimum Gasteiger partial charge on any atom is -0.508 e. The van der Waals surface area contributed by atoms with E-state index in [-0.39, 0.29) is 50.8 Å². The number of halogens is 1. The van der Waals surface area contributed by atoms with Crippen LogP contribution in [0.5, 0.6) is 23.0 Å². The van der Waals surface area contributed by atoms with Gasteiger partial charge < -0.3 is 55.2 Å². The van der Waals surface area contributed by atoms with E-state index in [0.717, 1.165) is 21.3 Å². The van der Waals surface area contributed by atoms with Gasteiger partial charge in [0.05, 0.1) is 39.7 Å². The Hall–Kier alpha value is -7.58. The van der Waals surface area contributed by atoms with Crippen molar-refractivity contribution in [2.75, 3.05) is 28.0 Å². The molecule has 0 aliphatic carbocycles. The van der Waals surface area contributed by atoms with Crippen LogP contribution in [0.25, 0.3) is 0 Å². The molecule has 0 saturated carbocycles. The van der Waals surface area contributed by atoms with E-state index in [0.29, 0.717) is 0 Å². The zero-order valence-corrected chi connectivity index (χ0v) is 35.1. The third-order valence-electron chi connectivity index (χ3n) is 10.4. The summed E-state index contributed by atoms with van der Waals surface area (Å²) in [6, 6.07) is 5.57. The van der Waals surface area contributed by atoms with Crippen LogP contribution in [-0.2, 0) is 58.1 Å². The molecule has 64 heavy (non-hydrogen) atoms. The molecule has 2 aliphatic rings. The van der Waals surface area contributed by atoms with Crippen LogP contribution in [0.15, 0.2) is 54.6 Å². The maximum atomic E-state index is 14.1. The fourth-order valence-electron chi connectivity index (χ4n) is 7.09. The highest BCUT2D eigenvalue weighted by Crippen LogP contribution is 2.57. The number of alkyl halides is 1. The molecule has 0 bridgehead atoms. The van der Waals surface area contributed by atoms with Crippen LogP contribution >= 0.6 is 0 Å². The largest absolute Gasteiger partial charge is 0.508 e. The van der Waals surface area contributed by atoms with Crippen molar-refractivity contribution in [2.24, 2.45) is 5.92 Å². The second kappa shape index (κ2) is 20.1. The van der Waals surface area contributed by atoms with Gasteiger partial charge in [0.1, 0.15) is 53.8 Å². The van der Waals surface area contributed by atoms with Crippen molar-refractivity contribution in [3.05, 3.63) is 82.4 Å². The number of hydrogen-bond acceptors (Lipinski definition) is 16. The zero-order valence-electron chi connectivity index (χ0n) is 35.1. The fourth-order valence-corrected chi connectivity index (χ4v) is 7.09. The molecule has 0 saturated heterocycles. The second-order valence-electron chi connectivity index (χ2n) is 14.9. The van der Waals surface area contributed by atoms with E-state index in [1.165, 1.54) is 68.4 Å². The first kappa shape index (κ1) is 47.5. The van der Waals surface area contributed by atoms with Crippen molar-refractivity contribution >= 4 is 53.3 Å². The SMILES string of the molecule is COC(=O)CC[C@H](NC(=O)[C@H](CC(=O)OC)NC(=O)c1ccc2c(c1)C1(OC2=O)c2ccc(O)cc2Oc2cc(O)ccc21)C(=O)N[C@H](C(=O)NC(CC(=O)OC)C(=O)CF)C(C)C. The molecule has 0 aromatic heterocycles. The highest BCUT2D eigenvalue weighted by Gasteiger charge is 2.54. The Kier molecular flexibility index (Phi) is 14.9. The van der Waals surface area contributed by atoms with Crippen molar-refractivity contribution in [1.82, 2.24) is 21.3 Å². The number of benzene rings is 3. The van der Waals surface area contributed by atoms with E-state index in [1.54, 1.807) is 0 Å². The van der Waals surface area contributed by atoms with Crippen molar-refractivity contribution in [2.45, 2.75) is 69.3 Å². The number of amides is 4. The van der Waals surface area contributed by atoms with Crippen molar-refractivity contribution in [1.29, 1.82) is 0 Å². The molecule has 2 aliphatic heterocycles. The Labute approximate surface area is 364 Å². The Morgan fingerprint density at radius 3 is 1.77 bits per heavy atom. The number of aromatic hydroxyl groups is 2. The van der Waals surface area contributed by atoms with Gasteiger partial charge in [-0.05, 0) is 54.8 Å². The Bertz CT molecular complexity index is 2330. The molecule has 21 heteroatoms. The smallest absolute Gasteiger partial charge is 0.340 e. The van der Waals surface area contributed by atoms with Crippen molar-refractivity contribution < 1.29 is 81.4 Å². The summed E-state index contributed by atoms with van der Waals surface area (Å²) in [4.78, 5) is 118. The fraction of sp³-hybridized carbons (Fsp3) is 0.372. The lowest BCUT2D eigenvalue weighted by Gasteiger charge is -2.36. The van der Waals surface area contributed by atoms with E-state index in [2.05, 4.69) is 30.7 Å². The van der Waals surface area contributed by atoms with Crippen LogP contribution in [-0.4, -0.2) is 116 Å². The molecule has 0 fully saturated rings. The maximum Gasteiger partial charge on any atom is 0.340 e. The van der Waals surface area contributed by atoms with Gasteiger partial charge in [0.2, 0.25) is 17.7 Å². The number of Topliss-reactive ketones (excluding diaryl/α,β-unsaturated/α-hetero) is 1. The average molecular weight is 893 g/mol. The van der Waals surface area contributed by atoms with E-state index in [9.17, 15) is 57.8 Å².